The Hall–Kier alpha value is -2.02. The molecule has 2 heterocycles. The zero-order chi connectivity index (χ0) is 18.2. The molecule has 1 aromatic heterocycles. The number of amides is 1. The van der Waals surface area contributed by atoms with Crippen molar-refractivity contribution in [2.75, 3.05) is 13.1 Å². The number of halogens is 3. The van der Waals surface area contributed by atoms with Crippen LogP contribution >= 0.6 is 0 Å². The predicted molar refractivity (Wildman–Crippen MR) is 86.1 cm³/mol. The second-order valence-electron chi connectivity index (χ2n) is 6.54. The fraction of sp³-hybridized carbons (Fsp3) is 0.500. The van der Waals surface area contributed by atoms with Crippen molar-refractivity contribution in [1.29, 1.82) is 0 Å². The molecule has 1 amide bonds. The van der Waals surface area contributed by atoms with Crippen molar-refractivity contribution in [1.82, 2.24) is 4.90 Å². The van der Waals surface area contributed by atoms with E-state index in [1.54, 1.807) is 11.2 Å². The first-order chi connectivity index (χ1) is 11.7. The number of carbonyl (C=O) groups excluding carboxylic acids is 1. The summed E-state index contributed by atoms with van der Waals surface area (Å²) >= 11 is 0. The van der Waals surface area contributed by atoms with Crippen molar-refractivity contribution < 1.29 is 27.1 Å². The molecule has 7 heteroatoms. The van der Waals surface area contributed by atoms with Crippen LogP contribution in [0.1, 0.15) is 29.5 Å². The third-order valence-corrected chi connectivity index (χ3v) is 4.53. The molecule has 0 N–H and O–H groups in total. The van der Waals surface area contributed by atoms with Crippen LogP contribution in [0.2, 0.25) is 0 Å². The number of ether oxygens (including phenoxy) is 1. The van der Waals surface area contributed by atoms with Crippen LogP contribution in [0.15, 0.2) is 22.8 Å². The van der Waals surface area contributed by atoms with E-state index in [0.717, 1.165) is 27.7 Å². The van der Waals surface area contributed by atoms with E-state index in [1.165, 1.54) is 0 Å². The summed E-state index contributed by atoms with van der Waals surface area (Å²) < 4.78 is 46.3. The summed E-state index contributed by atoms with van der Waals surface area (Å²) in [6.07, 6.45) is -3.34. The lowest BCUT2D eigenvalue weighted by Gasteiger charge is -2.32. The SMILES string of the molecule is Cc1cc(C)c2c(CC(=O)N3CCC(OC(F)(F)F)CC3)coc2c1. The molecule has 0 spiro atoms. The Bertz CT molecular complexity index is 774. The van der Waals surface area contributed by atoms with Gasteiger partial charge in [-0.1, -0.05) is 6.07 Å². The second kappa shape index (κ2) is 6.71. The number of fused-ring (bicyclic) bond motifs is 1. The maximum atomic E-state index is 12.5. The molecule has 1 aliphatic heterocycles. The monoisotopic (exact) mass is 355 g/mol. The van der Waals surface area contributed by atoms with Gasteiger partial charge in [-0.15, -0.1) is 13.2 Å². The normalized spacial score (nSPS) is 16.6. The number of likely N-dealkylation sites (tertiary alicyclic amines) is 1. The van der Waals surface area contributed by atoms with Gasteiger partial charge in [0.25, 0.3) is 0 Å². The van der Waals surface area contributed by atoms with Gasteiger partial charge in [0.1, 0.15) is 5.58 Å². The highest BCUT2D eigenvalue weighted by Crippen LogP contribution is 2.28. The van der Waals surface area contributed by atoms with Crippen LogP contribution in [0.5, 0.6) is 0 Å². The van der Waals surface area contributed by atoms with Gasteiger partial charge in [-0.2, -0.15) is 0 Å². The lowest BCUT2D eigenvalue weighted by molar-refractivity contribution is -0.345. The van der Waals surface area contributed by atoms with Gasteiger partial charge in [-0.3, -0.25) is 9.53 Å². The van der Waals surface area contributed by atoms with Crippen LogP contribution in [0.4, 0.5) is 13.2 Å². The lowest BCUT2D eigenvalue weighted by atomic mass is 10.0. The molecular weight excluding hydrogens is 335 g/mol. The van der Waals surface area contributed by atoms with Crippen molar-refractivity contribution >= 4 is 16.9 Å². The van der Waals surface area contributed by atoms with Crippen molar-refractivity contribution in [2.24, 2.45) is 0 Å². The smallest absolute Gasteiger partial charge is 0.464 e. The van der Waals surface area contributed by atoms with Crippen LogP contribution < -0.4 is 0 Å². The number of aryl methyl sites for hydroxylation is 2. The highest BCUT2D eigenvalue weighted by Gasteiger charge is 2.35. The largest absolute Gasteiger partial charge is 0.522 e. The second-order valence-corrected chi connectivity index (χ2v) is 6.54. The Morgan fingerprint density at radius 2 is 1.96 bits per heavy atom. The zero-order valence-corrected chi connectivity index (χ0v) is 14.2. The van der Waals surface area contributed by atoms with Gasteiger partial charge in [0, 0.05) is 24.0 Å². The number of rotatable bonds is 3. The molecule has 0 saturated carbocycles. The van der Waals surface area contributed by atoms with Gasteiger partial charge in [-0.25, -0.2) is 0 Å². The van der Waals surface area contributed by atoms with Crippen LogP contribution in [0.25, 0.3) is 11.0 Å². The molecule has 0 radical (unpaired) electrons. The number of nitrogens with zero attached hydrogens (tertiary/aromatic N) is 1. The molecule has 25 heavy (non-hydrogen) atoms. The van der Waals surface area contributed by atoms with Gasteiger partial charge < -0.3 is 9.32 Å². The van der Waals surface area contributed by atoms with Crippen LogP contribution in [-0.4, -0.2) is 36.4 Å². The number of piperidine rings is 1. The van der Waals surface area contributed by atoms with E-state index in [0.29, 0.717) is 0 Å². The number of carbonyl (C=O) groups is 1. The first-order valence-electron chi connectivity index (χ1n) is 8.22. The molecule has 0 bridgehead atoms. The van der Waals surface area contributed by atoms with Gasteiger partial charge in [0.15, 0.2) is 0 Å². The summed E-state index contributed by atoms with van der Waals surface area (Å²) in [4.78, 5) is 14.1. The average Bonchev–Trinajstić information content (AvgIpc) is 2.89. The molecule has 1 saturated heterocycles. The molecule has 1 aromatic carbocycles. The van der Waals surface area contributed by atoms with Crippen LogP contribution in [0.3, 0.4) is 0 Å². The molecular formula is C18H20F3NO3. The molecule has 0 aliphatic carbocycles. The molecule has 0 unspecified atom stereocenters. The van der Waals surface area contributed by atoms with Crippen LogP contribution in [0, 0.1) is 13.8 Å². The topological polar surface area (TPSA) is 42.7 Å². The van der Waals surface area contributed by atoms with Crippen molar-refractivity contribution in [2.45, 2.75) is 45.6 Å². The van der Waals surface area contributed by atoms with Gasteiger partial charge in [0.2, 0.25) is 5.91 Å². The molecule has 1 fully saturated rings. The summed E-state index contributed by atoms with van der Waals surface area (Å²) in [6, 6.07) is 3.96. The Kier molecular flexibility index (Phi) is 4.77. The van der Waals surface area contributed by atoms with Gasteiger partial charge >= 0.3 is 6.36 Å². The molecule has 2 aromatic rings. The quantitative estimate of drug-likeness (QED) is 0.832. The third kappa shape index (κ3) is 4.15. The number of alkyl halides is 3. The standard InChI is InChI=1S/C18H20F3NO3/c1-11-7-12(2)17-13(10-24-15(17)8-11)9-16(23)22-5-3-14(4-6-22)25-18(19,20)21/h7-8,10,14H,3-6,9H2,1-2H3. The van der Waals surface area contributed by atoms with E-state index in [2.05, 4.69) is 4.74 Å². The van der Waals surface area contributed by atoms with Crippen molar-refractivity contribution in [3.63, 3.8) is 0 Å². The molecule has 3 rings (SSSR count). The maximum absolute atomic E-state index is 12.5. The van der Waals surface area contributed by atoms with E-state index in [9.17, 15) is 18.0 Å². The van der Waals surface area contributed by atoms with E-state index in [4.69, 9.17) is 4.42 Å². The van der Waals surface area contributed by atoms with Crippen LogP contribution in [-0.2, 0) is 16.0 Å². The molecule has 4 nitrogen and oxygen atoms in total. The Morgan fingerprint density at radius 1 is 1.28 bits per heavy atom. The average molecular weight is 355 g/mol. The lowest BCUT2D eigenvalue weighted by Crippen LogP contribution is -2.42. The fourth-order valence-corrected chi connectivity index (χ4v) is 3.44. The minimum atomic E-state index is -4.62. The van der Waals surface area contributed by atoms with Crippen molar-refractivity contribution in [3.05, 3.63) is 35.1 Å². The summed E-state index contributed by atoms with van der Waals surface area (Å²) in [6.45, 7) is 4.49. The van der Waals surface area contributed by atoms with E-state index in [1.807, 2.05) is 26.0 Å². The Labute approximate surface area is 143 Å². The number of benzene rings is 1. The number of furan rings is 1. The van der Waals surface area contributed by atoms with Gasteiger partial charge in [0.05, 0.1) is 18.8 Å². The fourth-order valence-electron chi connectivity index (χ4n) is 3.44. The first-order valence-corrected chi connectivity index (χ1v) is 8.22. The molecule has 0 atom stereocenters. The van der Waals surface area contributed by atoms with E-state index in [-0.39, 0.29) is 38.3 Å². The van der Waals surface area contributed by atoms with E-state index >= 15 is 0 Å². The minimum Gasteiger partial charge on any atom is -0.464 e. The first kappa shape index (κ1) is 17.8. The number of hydrogen-bond acceptors (Lipinski definition) is 3. The highest BCUT2D eigenvalue weighted by atomic mass is 19.4. The van der Waals surface area contributed by atoms with Crippen molar-refractivity contribution in [3.8, 4) is 0 Å². The summed E-state index contributed by atoms with van der Waals surface area (Å²) in [5.74, 6) is -0.104. The minimum absolute atomic E-state index is 0.104. The number of hydrogen-bond donors (Lipinski definition) is 0. The Morgan fingerprint density at radius 3 is 2.60 bits per heavy atom. The summed E-state index contributed by atoms with van der Waals surface area (Å²) in [7, 11) is 0. The third-order valence-electron chi connectivity index (χ3n) is 4.53. The predicted octanol–water partition coefficient (Wildman–Crippen LogP) is 4.12. The highest BCUT2D eigenvalue weighted by molar-refractivity contribution is 5.90. The zero-order valence-electron chi connectivity index (χ0n) is 14.2. The summed E-state index contributed by atoms with van der Waals surface area (Å²) in [5.41, 5.74) is 3.69. The molecule has 136 valence electrons. The summed E-state index contributed by atoms with van der Waals surface area (Å²) in [5, 5.41) is 0.939. The molecule has 1 aliphatic rings. The Balaban J connectivity index is 1.64. The maximum Gasteiger partial charge on any atom is 0.522 e. The van der Waals surface area contributed by atoms with E-state index < -0.39 is 12.5 Å². The van der Waals surface area contributed by atoms with Gasteiger partial charge in [-0.05, 0) is 43.9 Å².